The van der Waals surface area contributed by atoms with Gasteiger partial charge >= 0.3 is 0 Å². The summed E-state index contributed by atoms with van der Waals surface area (Å²) in [6, 6.07) is 11.4. The molecule has 2 atom stereocenters. The Morgan fingerprint density at radius 1 is 1.11 bits per heavy atom. The first kappa shape index (κ1) is 19.9. The van der Waals surface area contributed by atoms with Gasteiger partial charge in [-0.15, -0.1) is 0 Å². The Kier molecular flexibility index (Phi) is 6.93. The topological polar surface area (TPSA) is 17.8 Å². The first-order valence-electron chi connectivity index (χ1n) is 10.9. The van der Waals surface area contributed by atoms with Gasteiger partial charge in [0, 0.05) is 24.4 Å². The van der Waals surface area contributed by atoms with Crippen LogP contribution in [0.3, 0.4) is 0 Å². The van der Waals surface area contributed by atoms with Crippen LogP contribution in [0.25, 0.3) is 0 Å². The number of aromatic nitrogens is 2. The molecule has 1 aromatic carbocycles. The van der Waals surface area contributed by atoms with E-state index in [9.17, 15) is 0 Å². The van der Waals surface area contributed by atoms with Crippen molar-refractivity contribution in [2.24, 2.45) is 5.92 Å². The Hall–Kier alpha value is -1.83. The largest absolute Gasteiger partial charge is 0.334 e. The number of hydrogen-bond donors (Lipinski definition) is 0. The molecule has 1 aromatic heterocycles. The van der Waals surface area contributed by atoms with Crippen LogP contribution in [0, 0.1) is 12.8 Å². The summed E-state index contributed by atoms with van der Waals surface area (Å²) in [5, 5.41) is 0. The summed E-state index contributed by atoms with van der Waals surface area (Å²) < 4.78 is 2.39. The third-order valence-corrected chi connectivity index (χ3v) is 6.49. The number of nitrogens with zero attached hydrogens (tertiary/aromatic N) is 2. The van der Waals surface area contributed by atoms with E-state index in [2.05, 4.69) is 72.9 Å². The van der Waals surface area contributed by atoms with E-state index in [0.717, 1.165) is 12.4 Å². The summed E-state index contributed by atoms with van der Waals surface area (Å²) in [6.07, 6.45) is 16.9. The summed E-state index contributed by atoms with van der Waals surface area (Å²) >= 11 is 0. The number of benzene rings is 1. The number of aryl methyl sites for hydroxylation is 1. The Morgan fingerprint density at radius 2 is 1.93 bits per heavy atom. The molecule has 146 valence electrons. The molecule has 2 nitrogen and oxygen atoms in total. The predicted octanol–water partition coefficient (Wildman–Crippen LogP) is 6.85. The molecule has 3 rings (SSSR count). The highest BCUT2D eigenvalue weighted by Crippen LogP contribution is 2.49. The van der Waals surface area contributed by atoms with Crippen LogP contribution in [-0.2, 0) is 12.0 Å². The number of hydrogen-bond acceptors (Lipinski definition) is 1. The Labute approximate surface area is 165 Å². The minimum absolute atomic E-state index is 0.0917. The van der Waals surface area contributed by atoms with Gasteiger partial charge in [-0.1, -0.05) is 75.1 Å². The monoisotopic (exact) mass is 364 g/mol. The predicted molar refractivity (Wildman–Crippen MR) is 115 cm³/mol. The van der Waals surface area contributed by atoms with Gasteiger partial charge in [-0.25, -0.2) is 4.98 Å². The lowest BCUT2D eigenvalue weighted by Gasteiger charge is -2.44. The van der Waals surface area contributed by atoms with Gasteiger partial charge < -0.3 is 4.57 Å². The Balaban J connectivity index is 2.15. The van der Waals surface area contributed by atoms with Gasteiger partial charge in [-0.3, -0.25) is 0 Å². The van der Waals surface area contributed by atoms with Crippen LogP contribution in [0.4, 0.5) is 0 Å². The molecule has 0 N–H and O–H groups in total. The van der Waals surface area contributed by atoms with Gasteiger partial charge in [0.1, 0.15) is 5.82 Å². The van der Waals surface area contributed by atoms with Crippen LogP contribution >= 0.6 is 0 Å². The summed E-state index contributed by atoms with van der Waals surface area (Å²) in [7, 11) is 0. The van der Waals surface area contributed by atoms with Crippen molar-refractivity contribution in [1.82, 2.24) is 9.55 Å². The van der Waals surface area contributed by atoms with E-state index >= 15 is 0 Å². The van der Waals surface area contributed by atoms with Gasteiger partial charge in [0.05, 0.1) is 0 Å². The fourth-order valence-corrected chi connectivity index (χ4v) is 5.09. The van der Waals surface area contributed by atoms with Crippen molar-refractivity contribution >= 4 is 0 Å². The van der Waals surface area contributed by atoms with Gasteiger partial charge in [0.2, 0.25) is 0 Å². The molecule has 0 bridgehead atoms. The van der Waals surface area contributed by atoms with Crippen LogP contribution in [0.15, 0.2) is 54.4 Å². The molecule has 2 heteroatoms. The minimum Gasteiger partial charge on any atom is -0.334 e. The van der Waals surface area contributed by atoms with Crippen molar-refractivity contribution in [2.75, 3.05) is 0 Å². The summed E-state index contributed by atoms with van der Waals surface area (Å²) in [4.78, 5) is 4.53. The van der Waals surface area contributed by atoms with Gasteiger partial charge in [0.15, 0.2) is 0 Å². The quantitative estimate of drug-likeness (QED) is 0.422. The van der Waals surface area contributed by atoms with E-state index in [4.69, 9.17) is 0 Å². The second-order valence-corrected chi connectivity index (χ2v) is 8.19. The molecule has 2 unspecified atom stereocenters. The minimum atomic E-state index is 0.0917. The van der Waals surface area contributed by atoms with E-state index in [-0.39, 0.29) is 5.41 Å². The zero-order chi connectivity index (χ0) is 19.1. The first-order chi connectivity index (χ1) is 13.2. The molecular formula is C25H36N2. The van der Waals surface area contributed by atoms with Crippen LogP contribution in [0.2, 0.25) is 0 Å². The van der Waals surface area contributed by atoms with Crippen LogP contribution < -0.4 is 0 Å². The lowest BCUT2D eigenvalue weighted by Crippen LogP contribution is -2.41. The van der Waals surface area contributed by atoms with Gasteiger partial charge in [-0.05, 0) is 50.5 Å². The number of rotatable bonds is 10. The molecule has 0 fully saturated rings. The maximum Gasteiger partial charge on any atom is 0.105 e. The van der Waals surface area contributed by atoms with E-state index in [1.54, 1.807) is 5.57 Å². The average molecular weight is 365 g/mol. The molecule has 0 spiro atoms. The fraction of sp³-hybridized carbons (Fsp3) is 0.560. The number of imidazole rings is 1. The molecule has 0 saturated carbocycles. The number of unbranched alkanes of at least 4 members (excludes halogenated alkanes) is 1. The highest BCUT2D eigenvalue weighted by molar-refractivity contribution is 5.39. The zero-order valence-electron chi connectivity index (χ0n) is 17.5. The van der Waals surface area contributed by atoms with Crippen molar-refractivity contribution < 1.29 is 0 Å². The highest BCUT2D eigenvalue weighted by atomic mass is 15.1. The molecule has 1 aliphatic carbocycles. The molecule has 0 saturated heterocycles. The van der Waals surface area contributed by atoms with Crippen molar-refractivity contribution in [3.63, 3.8) is 0 Å². The maximum atomic E-state index is 4.53. The van der Waals surface area contributed by atoms with Crippen molar-refractivity contribution in [1.29, 1.82) is 0 Å². The van der Waals surface area contributed by atoms with Gasteiger partial charge in [-0.2, -0.15) is 0 Å². The molecule has 0 aliphatic heterocycles. The van der Waals surface area contributed by atoms with Crippen LogP contribution in [0.5, 0.6) is 0 Å². The summed E-state index contributed by atoms with van der Waals surface area (Å²) in [5.41, 5.74) is 3.27. The standard InChI is InChI=1S/C25H36N2/c1-4-6-13-22(12-5-2)25(24-16-10-11-17-24,23-14-8-7-9-15-23)20-27-19-18-26-21(27)3/h7-9,14-16,18-19,22H,4-6,10-13,17,20H2,1-3H3. The molecule has 1 aliphatic rings. The molecule has 2 aromatic rings. The zero-order valence-corrected chi connectivity index (χ0v) is 17.5. The average Bonchev–Trinajstić information content (AvgIpc) is 3.36. The molecular weight excluding hydrogens is 328 g/mol. The van der Waals surface area contributed by atoms with Gasteiger partial charge in [0.25, 0.3) is 0 Å². The smallest absolute Gasteiger partial charge is 0.105 e. The molecule has 1 heterocycles. The third kappa shape index (κ3) is 4.20. The van der Waals surface area contributed by atoms with Crippen LogP contribution in [-0.4, -0.2) is 9.55 Å². The Morgan fingerprint density at radius 3 is 2.52 bits per heavy atom. The molecule has 0 amide bonds. The van der Waals surface area contributed by atoms with E-state index in [0.29, 0.717) is 5.92 Å². The summed E-state index contributed by atoms with van der Waals surface area (Å²) in [5.74, 6) is 1.80. The lowest BCUT2D eigenvalue weighted by atomic mass is 9.62. The fourth-order valence-electron chi connectivity index (χ4n) is 5.09. The molecule has 27 heavy (non-hydrogen) atoms. The van der Waals surface area contributed by atoms with Crippen molar-refractivity contribution in [3.05, 3.63) is 65.8 Å². The van der Waals surface area contributed by atoms with E-state index < -0.39 is 0 Å². The van der Waals surface area contributed by atoms with Crippen LogP contribution in [0.1, 0.15) is 76.6 Å². The maximum absolute atomic E-state index is 4.53. The first-order valence-corrected chi connectivity index (χ1v) is 10.9. The third-order valence-electron chi connectivity index (χ3n) is 6.49. The highest BCUT2D eigenvalue weighted by Gasteiger charge is 2.43. The van der Waals surface area contributed by atoms with Crippen molar-refractivity contribution in [3.8, 4) is 0 Å². The summed E-state index contributed by atoms with van der Waals surface area (Å²) in [6.45, 7) is 7.82. The second-order valence-electron chi connectivity index (χ2n) is 8.19. The second kappa shape index (κ2) is 9.39. The Bertz CT molecular complexity index is 728. The van der Waals surface area contributed by atoms with Crippen molar-refractivity contribution in [2.45, 2.75) is 84.1 Å². The SMILES string of the molecule is CCCCC(CCC)C(Cn1ccnc1C)(C1=CCCC1)c1ccccc1. The lowest BCUT2D eigenvalue weighted by molar-refractivity contribution is 0.233. The molecule has 0 radical (unpaired) electrons. The normalized spacial score (nSPS) is 17.5. The number of allylic oxidation sites excluding steroid dienone is 2. The van der Waals surface area contributed by atoms with E-state index in [1.807, 2.05) is 6.20 Å². The van der Waals surface area contributed by atoms with E-state index in [1.165, 1.54) is 56.9 Å².